The minimum atomic E-state index is -3.83. The Morgan fingerprint density at radius 1 is 1.08 bits per heavy atom. The summed E-state index contributed by atoms with van der Waals surface area (Å²) < 4.78 is 37.9. The Balaban J connectivity index is 0.00000178. The summed E-state index contributed by atoms with van der Waals surface area (Å²) >= 11 is 0. The van der Waals surface area contributed by atoms with Gasteiger partial charge in [0, 0.05) is 28.5 Å². The van der Waals surface area contributed by atoms with Crippen molar-refractivity contribution in [3.8, 4) is 22.8 Å². The largest absolute Gasteiger partial charge is 0.454 e. The minimum Gasteiger partial charge on any atom is -0.454 e. The van der Waals surface area contributed by atoms with Gasteiger partial charge in [0.15, 0.2) is 11.5 Å². The third kappa shape index (κ3) is 4.85. The molecule has 0 saturated heterocycles. The van der Waals surface area contributed by atoms with Crippen molar-refractivity contribution >= 4 is 15.8 Å². The number of Topliss-reactive ketones (excluding diaryl/α,β-unsaturated/α-hetero) is 1. The molecule has 10 heteroatoms. The third-order valence-corrected chi connectivity index (χ3v) is 7.98. The highest BCUT2D eigenvalue weighted by Gasteiger charge is 2.51. The molecule has 2 heterocycles. The fourth-order valence-corrected chi connectivity index (χ4v) is 5.35. The normalized spacial score (nSPS) is 16.5. The first-order valence-electron chi connectivity index (χ1n) is 11.6. The van der Waals surface area contributed by atoms with Crippen molar-refractivity contribution in [3.63, 3.8) is 0 Å². The fourth-order valence-electron chi connectivity index (χ4n) is 4.28. The van der Waals surface area contributed by atoms with Crippen molar-refractivity contribution in [3.05, 3.63) is 71.9 Å². The zero-order valence-corrected chi connectivity index (χ0v) is 20.2. The molecular formula is C26H32N2O7S. The number of nitrogens with zero attached hydrogens (tertiary/aromatic N) is 1. The Morgan fingerprint density at radius 2 is 1.83 bits per heavy atom. The number of sulfonamides is 1. The van der Waals surface area contributed by atoms with E-state index >= 15 is 0 Å². The van der Waals surface area contributed by atoms with E-state index in [-0.39, 0.29) is 34.7 Å². The summed E-state index contributed by atoms with van der Waals surface area (Å²) in [6.45, 7) is -0.636. The van der Waals surface area contributed by atoms with E-state index in [1.807, 2.05) is 30.3 Å². The first-order chi connectivity index (χ1) is 17.3. The number of hydrogen-bond donors (Lipinski definition) is 3. The molecule has 3 aromatic rings. The maximum Gasteiger partial charge on any atom is 0.240 e. The van der Waals surface area contributed by atoms with Crippen LogP contribution in [0.2, 0.25) is 0 Å². The number of carbonyl (C=O) groups is 1. The molecule has 0 amide bonds. The quantitative estimate of drug-likeness (QED) is 0.374. The molecule has 1 aliphatic carbocycles. The van der Waals surface area contributed by atoms with E-state index in [0.717, 1.165) is 18.4 Å². The van der Waals surface area contributed by atoms with E-state index < -0.39 is 28.1 Å². The number of carbonyl (C=O) groups excluding carboxylic acids is 1. The average Bonchev–Trinajstić information content (AvgIpc) is 3.58. The van der Waals surface area contributed by atoms with Gasteiger partial charge in [-0.25, -0.2) is 13.1 Å². The topological polar surface area (TPSA) is 135 Å². The summed E-state index contributed by atoms with van der Waals surface area (Å²) in [6.07, 6.45) is 0.578. The van der Waals surface area contributed by atoms with Crippen LogP contribution in [0.15, 0.2) is 65.6 Å². The summed E-state index contributed by atoms with van der Waals surface area (Å²) in [5.41, 5.74) is 2.38. The fraction of sp³-hybridized carbons (Fsp3) is 0.308. The molecule has 1 saturated carbocycles. The molecule has 1 aliphatic heterocycles. The van der Waals surface area contributed by atoms with Crippen molar-refractivity contribution in [2.75, 3.05) is 19.9 Å². The van der Waals surface area contributed by atoms with E-state index in [2.05, 4.69) is 9.71 Å². The number of fused-ring (bicyclic) bond motifs is 1. The molecule has 1 aromatic heterocycles. The van der Waals surface area contributed by atoms with Gasteiger partial charge in [-0.1, -0.05) is 24.3 Å². The second-order valence-electron chi connectivity index (χ2n) is 8.98. The van der Waals surface area contributed by atoms with Crippen LogP contribution in [0.5, 0.6) is 11.5 Å². The molecule has 0 bridgehead atoms. The molecule has 1 atom stereocenters. The number of aliphatic hydroxyl groups excluding tert-OH is 2. The Bertz CT molecular complexity index is 1400. The summed E-state index contributed by atoms with van der Waals surface area (Å²) in [5.74, 6) is 1.45. The number of pyridine rings is 1. The molecule has 0 spiro atoms. The number of benzene rings is 2. The van der Waals surface area contributed by atoms with Gasteiger partial charge in [0.1, 0.15) is 5.78 Å². The van der Waals surface area contributed by atoms with Gasteiger partial charge in [-0.05, 0) is 54.8 Å². The SMILES string of the molecule is O=C(Cc1cccc(-c2ccc(S(=O)(=O)NC[C@H](O)CO)cc2)n1)C1(c2ccc3c(c2)OCO3)CC1.[HH].[HH].[HH]. The molecule has 3 N–H and O–H groups in total. The lowest BCUT2D eigenvalue weighted by molar-refractivity contribution is -0.120. The number of aromatic nitrogens is 1. The molecular weight excluding hydrogens is 484 g/mol. The van der Waals surface area contributed by atoms with E-state index in [9.17, 15) is 18.3 Å². The van der Waals surface area contributed by atoms with E-state index in [1.54, 1.807) is 18.2 Å². The zero-order chi connectivity index (χ0) is 25.3. The van der Waals surface area contributed by atoms with Gasteiger partial charge in [-0.3, -0.25) is 9.78 Å². The molecule has 194 valence electrons. The van der Waals surface area contributed by atoms with Crippen molar-refractivity contribution in [2.24, 2.45) is 0 Å². The lowest BCUT2D eigenvalue weighted by Crippen LogP contribution is -2.33. The van der Waals surface area contributed by atoms with Gasteiger partial charge in [0.05, 0.1) is 28.7 Å². The predicted octanol–water partition coefficient (Wildman–Crippen LogP) is 2.69. The van der Waals surface area contributed by atoms with Gasteiger partial charge >= 0.3 is 0 Å². The number of ketones is 1. The Kier molecular flexibility index (Phi) is 6.52. The number of ether oxygens (including phenoxy) is 2. The van der Waals surface area contributed by atoms with Crippen LogP contribution in [0.3, 0.4) is 0 Å². The van der Waals surface area contributed by atoms with E-state index in [1.165, 1.54) is 12.1 Å². The van der Waals surface area contributed by atoms with Crippen LogP contribution in [0.25, 0.3) is 11.3 Å². The zero-order valence-electron chi connectivity index (χ0n) is 19.4. The van der Waals surface area contributed by atoms with E-state index in [4.69, 9.17) is 14.6 Å². The summed E-state index contributed by atoms with van der Waals surface area (Å²) in [4.78, 5) is 18.0. The molecule has 0 unspecified atom stereocenters. The lowest BCUT2D eigenvalue weighted by Gasteiger charge is -2.15. The monoisotopic (exact) mass is 516 g/mol. The number of nitrogens with one attached hydrogen (secondary N) is 1. The molecule has 1 fully saturated rings. The first kappa shape index (κ1) is 24.4. The molecule has 2 aliphatic rings. The highest BCUT2D eigenvalue weighted by molar-refractivity contribution is 7.89. The molecule has 9 nitrogen and oxygen atoms in total. The van der Waals surface area contributed by atoms with Gasteiger partial charge in [-0.15, -0.1) is 0 Å². The third-order valence-electron chi connectivity index (χ3n) is 6.54. The van der Waals surface area contributed by atoms with Crippen LogP contribution in [-0.2, 0) is 26.7 Å². The second-order valence-corrected chi connectivity index (χ2v) is 10.7. The van der Waals surface area contributed by atoms with Gasteiger partial charge in [-0.2, -0.15) is 0 Å². The van der Waals surface area contributed by atoms with Crippen LogP contribution in [0, 0.1) is 0 Å². The molecule has 36 heavy (non-hydrogen) atoms. The molecule has 5 rings (SSSR count). The van der Waals surface area contributed by atoms with Crippen molar-refractivity contribution < 1.29 is 37.2 Å². The number of hydrogen-bond acceptors (Lipinski definition) is 8. The summed E-state index contributed by atoms with van der Waals surface area (Å²) in [7, 11) is -3.83. The standard InChI is InChI=1S/C26H26N2O7S.3H2/c29-15-20(30)14-27-36(32,33)21-7-4-17(5-8-21)22-3-1-2-19(28-22)13-25(31)26(10-11-26)18-6-9-23-24(12-18)35-16-34-23;;;/h1-9,12,20,27,29-30H,10-11,13-16H2;3*1H/t20-;;;/m0.../s1. The molecule has 2 aromatic carbocycles. The predicted molar refractivity (Wildman–Crippen MR) is 136 cm³/mol. The van der Waals surface area contributed by atoms with Crippen LogP contribution >= 0.6 is 0 Å². The van der Waals surface area contributed by atoms with Crippen LogP contribution < -0.4 is 14.2 Å². The van der Waals surface area contributed by atoms with Crippen molar-refractivity contribution in [1.29, 1.82) is 0 Å². The maximum absolute atomic E-state index is 13.3. The van der Waals surface area contributed by atoms with Crippen molar-refractivity contribution in [1.82, 2.24) is 9.71 Å². The van der Waals surface area contributed by atoms with Crippen LogP contribution in [0.4, 0.5) is 0 Å². The van der Waals surface area contributed by atoms with Crippen LogP contribution in [-0.4, -0.2) is 55.4 Å². The Hall–Kier alpha value is -3.31. The van der Waals surface area contributed by atoms with Gasteiger partial charge < -0.3 is 19.7 Å². The lowest BCUT2D eigenvalue weighted by atomic mass is 9.88. The average molecular weight is 517 g/mol. The maximum atomic E-state index is 13.3. The molecule has 0 radical (unpaired) electrons. The van der Waals surface area contributed by atoms with Gasteiger partial charge in [0.25, 0.3) is 0 Å². The number of rotatable bonds is 10. The smallest absolute Gasteiger partial charge is 0.240 e. The minimum absolute atomic E-state index is 0. The summed E-state index contributed by atoms with van der Waals surface area (Å²) in [5, 5.41) is 18.2. The highest BCUT2D eigenvalue weighted by atomic mass is 32.2. The van der Waals surface area contributed by atoms with Crippen LogP contribution in [0.1, 0.15) is 28.4 Å². The summed E-state index contributed by atoms with van der Waals surface area (Å²) in [6, 6.07) is 17.3. The Morgan fingerprint density at radius 3 is 2.56 bits per heavy atom. The van der Waals surface area contributed by atoms with Crippen molar-refractivity contribution in [2.45, 2.75) is 35.7 Å². The first-order valence-corrected chi connectivity index (χ1v) is 13.1. The number of aliphatic hydroxyl groups is 2. The van der Waals surface area contributed by atoms with Gasteiger partial charge in [0.2, 0.25) is 16.8 Å². The van der Waals surface area contributed by atoms with E-state index in [0.29, 0.717) is 28.5 Å². The highest BCUT2D eigenvalue weighted by Crippen LogP contribution is 2.51. The Labute approximate surface area is 213 Å². The second kappa shape index (κ2) is 9.62.